The van der Waals surface area contributed by atoms with E-state index >= 15 is 0 Å². The van der Waals surface area contributed by atoms with Gasteiger partial charge in [0.25, 0.3) is 11.6 Å². The Morgan fingerprint density at radius 2 is 2.00 bits per heavy atom. The second-order valence-corrected chi connectivity index (χ2v) is 4.83. The van der Waals surface area contributed by atoms with Gasteiger partial charge in [-0.05, 0) is 35.9 Å². The highest BCUT2D eigenvalue weighted by molar-refractivity contribution is 6.31. The number of benzene rings is 2. The van der Waals surface area contributed by atoms with Crippen molar-refractivity contribution in [1.29, 1.82) is 0 Å². The van der Waals surface area contributed by atoms with E-state index in [9.17, 15) is 14.9 Å². The van der Waals surface area contributed by atoms with E-state index in [2.05, 4.69) is 10.5 Å². The van der Waals surface area contributed by atoms with Crippen LogP contribution in [0.2, 0.25) is 5.02 Å². The van der Waals surface area contributed by atoms with Crippen molar-refractivity contribution in [2.24, 2.45) is 5.10 Å². The minimum Gasteiger partial charge on any atom is -0.496 e. The number of carbonyl (C=O) groups is 1. The monoisotopic (exact) mass is 333 g/mol. The number of rotatable bonds is 5. The Kier molecular flexibility index (Phi) is 5.27. The summed E-state index contributed by atoms with van der Waals surface area (Å²) in [6, 6.07) is 10.4. The number of nitrogens with one attached hydrogen (secondary N) is 1. The van der Waals surface area contributed by atoms with Crippen LogP contribution >= 0.6 is 11.6 Å². The van der Waals surface area contributed by atoms with Crippen molar-refractivity contribution < 1.29 is 14.5 Å². The number of nitro benzene ring substituents is 1. The second-order valence-electron chi connectivity index (χ2n) is 4.39. The van der Waals surface area contributed by atoms with Gasteiger partial charge in [0.1, 0.15) is 5.75 Å². The summed E-state index contributed by atoms with van der Waals surface area (Å²) in [5.41, 5.74) is 3.18. The molecule has 0 aliphatic heterocycles. The number of methoxy groups -OCH3 is 1. The van der Waals surface area contributed by atoms with Crippen molar-refractivity contribution >= 4 is 29.4 Å². The van der Waals surface area contributed by atoms with Crippen molar-refractivity contribution in [3.8, 4) is 5.75 Å². The number of hydrogen-bond donors (Lipinski definition) is 1. The van der Waals surface area contributed by atoms with E-state index in [1.807, 2.05) is 0 Å². The highest BCUT2D eigenvalue weighted by atomic mass is 35.5. The number of non-ortho nitro benzene ring substituents is 1. The first kappa shape index (κ1) is 16.4. The maximum atomic E-state index is 12.1. The third-order valence-corrected chi connectivity index (χ3v) is 3.12. The average Bonchev–Trinajstić information content (AvgIpc) is 2.55. The van der Waals surface area contributed by atoms with E-state index in [1.54, 1.807) is 12.1 Å². The molecule has 2 aromatic carbocycles. The first-order valence-electron chi connectivity index (χ1n) is 6.42. The zero-order chi connectivity index (χ0) is 16.8. The van der Waals surface area contributed by atoms with Crippen LogP contribution < -0.4 is 10.2 Å². The number of nitrogens with zero attached hydrogens (tertiary/aromatic N) is 2. The molecule has 0 saturated heterocycles. The van der Waals surface area contributed by atoms with Crippen molar-refractivity contribution in [2.45, 2.75) is 0 Å². The molecule has 1 amide bonds. The van der Waals surface area contributed by atoms with Crippen LogP contribution in [0.15, 0.2) is 47.6 Å². The van der Waals surface area contributed by atoms with E-state index in [0.29, 0.717) is 16.3 Å². The van der Waals surface area contributed by atoms with Crippen LogP contribution in [0.25, 0.3) is 0 Å². The number of halogens is 1. The van der Waals surface area contributed by atoms with E-state index in [0.717, 1.165) is 0 Å². The minimum atomic E-state index is -0.492. The predicted molar refractivity (Wildman–Crippen MR) is 86.2 cm³/mol. The third-order valence-electron chi connectivity index (χ3n) is 2.89. The Bertz CT molecular complexity index is 760. The maximum Gasteiger partial charge on any atom is 0.275 e. The molecule has 0 aromatic heterocycles. The largest absolute Gasteiger partial charge is 0.496 e. The molecule has 1 N–H and O–H groups in total. The molecule has 0 atom stereocenters. The molecule has 7 nitrogen and oxygen atoms in total. The van der Waals surface area contributed by atoms with Gasteiger partial charge in [-0.1, -0.05) is 11.6 Å². The maximum absolute atomic E-state index is 12.1. The van der Waals surface area contributed by atoms with Gasteiger partial charge in [-0.25, -0.2) is 5.43 Å². The first-order chi connectivity index (χ1) is 11.0. The summed E-state index contributed by atoms with van der Waals surface area (Å²) in [6.07, 6.45) is 1.37. The number of ether oxygens (including phenoxy) is 1. The van der Waals surface area contributed by atoms with Crippen molar-refractivity contribution in [1.82, 2.24) is 5.43 Å². The lowest BCUT2D eigenvalue weighted by Gasteiger charge is -2.07. The molecule has 0 heterocycles. The summed E-state index contributed by atoms with van der Waals surface area (Å²) < 4.78 is 5.09. The van der Waals surface area contributed by atoms with Crippen LogP contribution in [-0.2, 0) is 0 Å². The van der Waals surface area contributed by atoms with Crippen molar-refractivity contribution in [2.75, 3.05) is 7.11 Å². The van der Waals surface area contributed by atoms with E-state index in [4.69, 9.17) is 16.3 Å². The zero-order valence-corrected chi connectivity index (χ0v) is 12.8. The van der Waals surface area contributed by atoms with Crippen molar-refractivity contribution in [3.05, 3.63) is 68.7 Å². The molecule has 2 aromatic rings. The van der Waals surface area contributed by atoms with Crippen LogP contribution in [0.5, 0.6) is 5.75 Å². The Morgan fingerprint density at radius 1 is 1.30 bits per heavy atom. The highest BCUT2D eigenvalue weighted by Gasteiger charge is 2.12. The quantitative estimate of drug-likeness (QED) is 0.517. The summed E-state index contributed by atoms with van der Waals surface area (Å²) in [5, 5.41) is 14.8. The Hall–Kier alpha value is -2.93. The molecule has 23 heavy (non-hydrogen) atoms. The summed E-state index contributed by atoms with van der Waals surface area (Å²) in [7, 11) is 1.44. The number of carbonyl (C=O) groups excluding carboxylic acids is 1. The fourth-order valence-electron chi connectivity index (χ4n) is 1.77. The Labute approximate surface area is 136 Å². The number of nitro groups is 1. The normalized spacial score (nSPS) is 10.5. The fourth-order valence-corrected chi connectivity index (χ4v) is 1.94. The highest BCUT2D eigenvalue weighted by Crippen LogP contribution is 2.22. The minimum absolute atomic E-state index is 0.0187. The molecule has 0 aliphatic rings. The van der Waals surface area contributed by atoms with Crippen LogP contribution in [0.4, 0.5) is 5.69 Å². The van der Waals surface area contributed by atoms with Gasteiger partial charge < -0.3 is 4.74 Å². The summed E-state index contributed by atoms with van der Waals surface area (Å²) >= 11 is 5.86. The molecule has 118 valence electrons. The van der Waals surface area contributed by atoms with E-state index in [1.165, 1.54) is 43.7 Å². The molecule has 0 fully saturated rings. The fraction of sp³-hybridized carbons (Fsp3) is 0.0667. The molecular formula is C15H12ClN3O4. The van der Waals surface area contributed by atoms with Gasteiger partial charge in [0.2, 0.25) is 0 Å². The van der Waals surface area contributed by atoms with Gasteiger partial charge in [0, 0.05) is 17.2 Å². The number of hydrogen-bond acceptors (Lipinski definition) is 5. The Balaban J connectivity index is 2.06. The van der Waals surface area contributed by atoms with Gasteiger partial charge >= 0.3 is 0 Å². The Morgan fingerprint density at radius 3 is 2.61 bits per heavy atom. The lowest BCUT2D eigenvalue weighted by atomic mass is 10.2. The summed E-state index contributed by atoms with van der Waals surface area (Å²) in [5.74, 6) is -0.111. The summed E-state index contributed by atoms with van der Waals surface area (Å²) in [6.45, 7) is 0. The van der Waals surface area contributed by atoms with Gasteiger partial charge in [0.05, 0.1) is 23.8 Å². The van der Waals surface area contributed by atoms with E-state index in [-0.39, 0.29) is 11.3 Å². The molecule has 0 saturated carbocycles. The number of amides is 1. The average molecular weight is 334 g/mol. The third kappa shape index (κ3) is 4.27. The lowest BCUT2D eigenvalue weighted by molar-refractivity contribution is -0.384. The molecule has 0 unspecified atom stereocenters. The molecular weight excluding hydrogens is 322 g/mol. The van der Waals surface area contributed by atoms with Gasteiger partial charge in [-0.3, -0.25) is 14.9 Å². The van der Waals surface area contributed by atoms with Crippen LogP contribution in [-0.4, -0.2) is 24.2 Å². The molecule has 0 aliphatic carbocycles. The van der Waals surface area contributed by atoms with Gasteiger partial charge in [-0.2, -0.15) is 5.10 Å². The topological polar surface area (TPSA) is 93.8 Å². The molecule has 0 bridgehead atoms. The SMILES string of the molecule is COc1ccc(Cl)cc1C(=O)N/N=C\c1ccc([N+](=O)[O-])cc1. The molecule has 8 heteroatoms. The smallest absolute Gasteiger partial charge is 0.275 e. The second kappa shape index (κ2) is 7.37. The predicted octanol–water partition coefficient (Wildman–Crippen LogP) is 3.02. The summed E-state index contributed by atoms with van der Waals surface area (Å²) in [4.78, 5) is 22.1. The zero-order valence-electron chi connectivity index (χ0n) is 12.0. The van der Waals surface area contributed by atoms with Crippen molar-refractivity contribution in [3.63, 3.8) is 0 Å². The van der Waals surface area contributed by atoms with Crippen LogP contribution in [0.3, 0.4) is 0 Å². The van der Waals surface area contributed by atoms with Gasteiger partial charge in [0.15, 0.2) is 0 Å². The first-order valence-corrected chi connectivity index (χ1v) is 6.80. The van der Waals surface area contributed by atoms with Crippen LogP contribution in [0.1, 0.15) is 15.9 Å². The standard InChI is InChI=1S/C15H12ClN3O4/c1-23-14-7-4-11(16)8-13(14)15(20)18-17-9-10-2-5-12(6-3-10)19(21)22/h2-9H,1H3,(H,18,20)/b17-9-. The van der Waals surface area contributed by atoms with Crippen LogP contribution in [0, 0.1) is 10.1 Å². The molecule has 0 spiro atoms. The lowest BCUT2D eigenvalue weighted by Crippen LogP contribution is -2.18. The molecule has 0 radical (unpaired) electrons. The number of hydrazone groups is 1. The molecule has 2 rings (SSSR count). The van der Waals surface area contributed by atoms with E-state index < -0.39 is 10.8 Å². The van der Waals surface area contributed by atoms with Gasteiger partial charge in [-0.15, -0.1) is 0 Å².